The first-order valence-corrected chi connectivity index (χ1v) is 9.38. The molecule has 0 unspecified atom stereocenters. The van der Waals surface area contributed by atoms with Crippen molar-refractivity contribution in [1.29, 1.82) is 0 Å². The van der Waals surface area contributed by atoms with Crippen molar-refractivity contribution in [1.82, 2.24) is 4.98 Å². The lowest BCUT2D eigenvalue weighted by molar-refractivity contribution is 0.0635. The molecule has 0 fully saturated rings. The van der Waals surface area contributed by atoms with Gasteiger partial charge in [0.25, 0.3) is 10.1 Å². The highest BCUT2D eigenvalue weighted by Crippen LogP contribution is 2.16. The number of aryl methyl sites for hydroxylation is 1. The number of rotatable bonds is 5. The van der Waals surface area contributed by atoms with Gasteiger partial charge in [-0.25, -0.2) is 9.78 Å². The Balaban J connectivity index is 2.02. The van der Waals surface area contributed by atoms with Gasteiger partial charge in [-0.1, -0.05) is 23.8 Å². The van der Waals surface area contributed by atoms with Crippen molar-refractivity contribution in [3.8, 4) is 0 Å². The average Bonchev–Trinajstić information content (AvgIpc) is 2.52. The monoisotopic (exact) mass is 378 g/mol. The third-order valence-electron chi connectivity index (χ3n) is 3.11. The highest BCUT2D eigenvalue weighted by molar-refractivity contribution is 7.86. The maximum atomic E-state index is 12.2. The summed E-state index contributed by atoms with van der Waals surface area (Å²) in [6, 6.07) is 11.2. The molecule has 1 N–H and O–H groups in total. The summed E-state index contributed by atoms with van der Waals surface area (Å²) in [7, 11) is -3.89. The summed E-state index contributed by atoms with van der Waals surface area (Å²) in [6.45, 7) is 6.87. The van der Waals surface area contributed by atoms with Crippen LogP contribution < -0.4 is 5.32 Å². The molecule has 0 aliphatic carbocycles. The molecule has 0 radical (unpaired) electrons. The number of amides is 1. The highest BCUT2D eigenvalue weighted by Gasteiger charge is 2.18. The Bertz CT molecular complexity index is 871. The van der Waals surface area contributed by atoms with Crippen molar-refractivity contribution in [2.75, 3.05) is 5.32 Å². The number of benzene rings is 1. The second-order valence-corrected chi connectivity index (χ2v) is 8.29. The number of carbonyl (C=O) groups excluding carboxylic acids is 1. The van der Waals surface area contributed by atoms with E-state index < -0.39 is 21.8 Å². The van der Waals surface area contributed by atoms with E-state index in [-0.39, 0.29) is 17.3 Å². The Morgan fingerprint density at radius 2 is 1.77 bits per heavy atom. The van der Waals surface area contributed by atoms with Gasteiger partial charge in [0, 0.05) is 0 Å². The van der Waals surface area contributed by atoms with Crippen LogP contribution in [0, 0.1) is 6.92 Å². The van der Waals surface area contributed by atoms with Gasteiger partial charge in [-0.2, -0.15) is 8.42 Å². The van der Waals surface area contributed by atoms with Crippen LogP contribution in [-0.2, 0) is 25.6 Å². The fraction of sp³-hybridized carbons (Fsp3) is 0.333. The van der Waals surface area contributed by atoms with Crippen molar-refractivity contribution >= 4 is 22.0 Å². The van der Waals surface area contributed by atoms with Gasteiger partial charge in [0.15, 0.2) is 0 Å². The minimum Gasteiger partial charge on any atom is -0.444 e. The van der Waals surface area contributed by atoms with Crippen molar-refractivity contribution in [2.45, 2.75) is 44.8 Å². The smallest absolute Gasteiger partial charge is 0.413 e. The second-order valence-electron chi connectivity index (χ2n) is 6.67. The average molecular weight is 378 g/mol. The SMILES string of the molecule is Cc1ccc(S(=O)(=O)OCc2cccc(NC(=O)OC(C)(C)C)n2)cc1. The number of nitrogens with zero attached hydrogens (tertiary/aromatic N) is 1. The van der Waals surface area contributed by atoms with Crippen LogP contribution in [-0.4, -0.2) is 25.1 Å². The van der Waals surface area contributed by atoms with E-state index in [2.05, 4.69) is 10.3 Å². The highest BCUT2D eigenvalue weighted by atomic mass is 32.2. The zero-order valence-electron chi connectivity index (χ0n) is 15.1. The van der Waals surface area contributed by atoms with E-state index in [4.69, 9.17) is 8.92 Å². The number of hydrogen-bond donors (Lipinski definition) is 1. The quantitative estimate of drug-likeness (QED) is 0.798. The fourth-order valence-corrected chi connectivity index (χ4v) is 2.83. The maximum absolute atomic E-state index is 12.2. The van der Waals surface area contributed by atoms with Crippen LogP contribution in [0.2, 0.25) is 0 Å². The molecule has 0 saturated heterocycles. The predicted octanol–water partition coefficient (Wildman–Crippen LogP) is 3.64. The fourth-order valence-electron chi connectivity index (χ4n) is 1.95. The van der Waals surface area contributed by atoms with Crippen LogP contribution >= 0.6 is 0 Å². The zero-order chi connectivity index (χ0) is 19.4. The molecule has 26 heavy (non-hydrogen) atoms. The van der Waals surface area contributed by atoms with Gasteiger partial charge < -0.3 is 4.74 Å². The molecule has 1 heterocycles. The van der Waals surface area contributed by atoms with Gasteiger partial charge in [-0.3, -0.25) is 9.50 Å². The first-order chi connectivity index (χ1) is 12.0. The molecule has 0 aliphatic heterocycles. The van der Waals surface area contributed by atoms with Gasteiger partial charge >= 0.3 is 6.09 Å². The van der Waals surface area contributed by atoms with Crippen LogP contribution in [0.3, 0.4) is 0 Å². The normalized spacial score (nSPS) is 11.8. The number of hydrogen-bond acceptors (Lipinski definition) is 6. The Kier molecular flexibility index (Phi) is 5.99. The maximum Gasteiger partial charge on any atom is 0.413 e. The molecule has 0 atom stereocenters. The lowest BCUT2D eigenvalue weighted by Crippen LogP contribution is -2.27. The van der Waals surface area contributed by atoms with Gasteiger partial charge in [0.2, 0.25) is 0 Å². The van der Waals surface area contributed by atoms with Gasteiger partial charge in [-0.05, 0) is 52.0 Å². The minimum absolute atomic E-state index is 0.0751. The van der Waals surface area contributed by atoms with Crippen molar-refractivity contribution in [3.63, 3.8) is 0 Å². The molecule has 8 heteroatoms. The van der Waals surface area contributed by atoms with E-state index in [9.17, 15) is 13.2 Å². The molecule has 0 bridgehead atoms. The van der Waals surface area contributed by atoms with Gasteiger partial charge in [-0.15, -0.1) is 0 Å². The summed E-state index contributed by atoms with van der Waals surface area (Å²) in [5.41, 5.74) is 0.674. The number of ether oxygens (including phenoxy) is 1. The largest absolute Gasteiger partial charge is 0.444 e. The Morgan fingerprint density at radius 3 is 2.38 bits per heavy atom. The van der Waals surface area contributed by atoms with Crippen molar-refractivity contribution in [3.05, 3.63) is 53.7 Å². The lowest BCUT2D eigenvalue weighted by atomic mass is 10.2. The third kappa shape index (κ3) is 6.12. The molecule has 1 aromatic heterocycles. The van der Waals surface area contributed by atoms with Crippen LogP contribution in [0.5, 0.6) is 0 Å². The first kappa shape index (κ1) is 19.9. The number of nitrogens with one attached hydrogen (secondary N) is 1. The molecular weight excluding hydrogens is 356 g/mol. The summed E-state index contributed by atoms with van der Waals surface area (Å²) in [6.07, 6.45) is -0.643. The number of carbonyl (C=O) groups is 1. The van der Waals surface area contributed by atoms with Gasteiger partial charge in [0.1, 0.15) is 18.0 Å². The van der Waals surface area contributed by atoms with Crippen LogP contribution in [0.15, 0.2) is 47.4 Å². The molecule has 0 aliphatic rings. The standard InChI is InChI=1S/C18H22N2O5S/c1-13-8-10-15(11-9-13)26(22,23)24-12-14-6-5-7-16(19-14)20-17(21)25-18(2,3)4/h5-11H,12H2,1-4H3,(H,19,20,21). The molecule has 140 valence electrons. The van der Waals surface area contributed by atoms with Crippen LogP contribution in [0.25, 0.3) is 0 Å². The molecular formula is C18H22N2O5S. The molecule has 0 spiro atoms. The van der Waals surface area contributed by atoms with E-state index in [0.717, 1.165) is 5.56 Å². The summed E-state index contributed by atoms with van der Waals surface area (Å²) in [5.74, 6) is 0.244. The summed E-state index contributed by atoms with van der Waals surface area (Å²) in [5, 5.41) is 2.50. The molecule has 1 amide bonds. The van der Waals surface area contributed by atoms with E-state index in [1.807, 2.05) is 6.92 Å². The van der Waals surface area contributed by atoms with Crippen LogP contribution in [0.1, 0.15) is 32.0 Å². The van der Waals surface area contributed by atoms with E-state index in [1.54, 1.807) is 51.1 Å². The zero-order valence-corrected chi connectivity index (χ0v) is 16.0. The second kappa shape index (κ2) is 7.84. The molecule has 2 aromatic rings. The minimum atomic E-state index is -3.89. The lowest BCUT2D eigenvalue weighted by Gasteiger charge is -2.19. The van der Waals surface area contributed by atoms with Crippen molar-refractivity contribution < 1.29 is 22.1 Å². The summed E-state index contributed by atoms with van der Waals surface area (Å²) < 4.78 is 34.6. The molecule has 0 saturated carbocycles. The summed E-state index contributed by atoms with van der Waals surface area (Å²) in [4.78, 5) is 16.0. The van der Waals surface area contributed by atoms with Gasteiger partial charge in [0.05, 0.1) is 10.6 Å². The first-order valence-electron chi connectivity index (χ1n) is 7.97. The number of anilines is 1. The van der Waals surface area contributed by atoms with E-state index in [1.165, 1.54) is 12.1 Å². The Hall–Kier alpha value is -2.45. The van der Waals surface area contributed by atoms with E-state index >= 15 is 0 Å². The predicted molar refractivity (Wildman–Crippen MR) is 97.2 cm³/mol. The Labute approximate surface area is 153 Å². The summed E-state index contributed by atoms with van der Waals surface area (Å²) >= 11 is 0. The topological polar surface area (TPSA) is 94.6 Å². The molecule has 2 rings (SSSR count). The molecule has 1 aromatic carbocycles. The number of pyridine rings is 1. The Morgan fingerprint density at radius 1 is 1.12 bits per heavy atom. The third-order valence-corrected chi connectivity index (χ3v) is 4.39. The van der Waals surface area contributed by atoms with Crippen LogP contribution in [0.4, 0.5) is 10.6 Å². The number of aromatic nitrogens is 1. The molecule has 7 nitrogen and oxygen atoms in total. The van der Waals surface area contributed by atoms with E-state index in [0.29, 0.717) is 5.69 Å². The van der Waals surface area contributed by atoms with Crippen molar-refractivity contribution in [2.24, 2.45) is 0 Å².